The van der Waals surface area contributed by atoms with Crippen molar-refractivity contribution < 1.29 is 22.7 Å². The zero-order chi connectivity index (χ0) is 27.6. The molecule has 2 amide bonds. The first-order valence-electron chi connectivity index (χ1n) is 12.7. The highest BCUT2D eigenvalue weighted by Crippen LogP contribution is 2.23. The molecule has 0 radical (unpaired) electrons. The second kappa shape index (κ2) is 13.5. The van der Waals surface area contributed by atoms with Gasteiger partial charge in [-0.3, -0.25) is 13.9 Å². The van der Waals surface area contributed by atoms with Crippen molar-refractivity contribution in [2.24, 2.45) is 0 Å². The van der Waals surface area contributed by atoms with Crippen molar-refractivity contribution in [1.82, 2.24) is 10.2 Å². The maximum atomic E-state index is 13.5. The van der Waals surface area contributed by atoms with Crippen LogP contribution < -0.4 is 14.4 Å². The molecule has 0 aromatic heterocycles. The van der Waals surface area contributed by atoms with Gasteiger partial charge in [0.15, 0.2) is 0 Å². The van der Waals surface area contributed by atoms with Crippen molar-refractivity contribution in [2.75, 3.05) is 23.7 Å². The summed E-state index contributed by atoms with van der Waals surface area (Å²) in [6.45, 7) is 10.4. The largest absolute Gasteiger partial charge is 0.494 e. The maximum absolute atomic E-state index is 13.5. The van der Waals surface area contributed by atoms with E-state index in [0.29, 0.717) is 37.4 Å². The van der Waals surface area contributed by atoms with E-state index in [1.807, 2.05) is 65.0 Å². The van der Waals surface area contributed by atoms with E-state index in [0.717, 1.165) is 11.8 Å². The van der Waals surface area contributed by atoms with E-state index >= 15 is 0 Å². The molecule has 0 bridgehead atoms. The van der Waals surface area contributed by atoms with Crippen molar-refractivity contribution in [2.45, 2.75) is 72.0 Å². The van der Waals surface area contributed by atoms with Gasteiger partial charge >= 0.3 is 0 Å². The van der Waals surface area contributed by atoms with E-state index in [-0.39, 0.29) is 24.8 Å². The summed E-state index contributed by atoms with van der Waals surface area (Å²) in [6, 6.07) is 15.7. The quantitative estimate of drug-likeness (QED) is 0.415. The Balaban J connectivity index is 2.19. The number of carbonyl (C=O) groups excluding carboxylic acids is 2. The first kappa shape index (κ1) is 30.2. The number of nitrogens with one attached hydrogen (secondary N) is 1. The van der Waals surface area contributed by atoms with Gasteiger partial charge in [-0.15, -0.1) is 0 Å². The Bertz CT molecular complexity index is 1110. The highest BCUT2D eigenvalue weighted by molar-refractivity contribution is 7.92. The van der Waals surface area contributed by atoms with Crippen LogP contribution in [-0.4, -0.2) is 56.1 Å². The third-order valence-corrected chi connectivity index (χ3v) is 6.86. The lowest BCUT2D eigenvalue weighted by Crippen LogP contribution is -2.53. The van der Waals surface area contributed by atoms with Gasteiger partial charge in [0.25, 0.3) is 0 Å². The Morgan fingerprint density at radius 2 is 1.62 bits per heavy atom. The monoisotopic (exact) mass is 531 g/mol. The molecule has 2 aromatic carbocycles. The number of hydrogen-bond acceptors (Lipinski definition) is 5. The number of nitrogens with zero attached hydrogens (tertiary/aromatic N) is 2. The summed E-state index contributed by atoms with van der Waals surface area (Å²) in [5.41, 5.74) is 1.00. The predicted molar refractivity (Wildman–Crippen MR) is 148 cm³/mol. The van der Waals surface area contributed by atoms with E-state index in [9.17, 15) is 18.0 Å². The molecule has 8 nitrogen and oxygen atoms in total. The summed E-state index contributed by atoms with van der Waals surface area (Å²) in [7, 11) is -3.56. The molecule has 9 heteroatoms. The SMILES string of the molecule is CCOc1ccc(N(CCCC(=O)N(Cc2ccccc2)[C@H](CC)C(=O)NC(C)(C)C)S(C)(=O)=O)cc1. The van der Waals surface area contributed by atoms with Crippen LogP contribution in [0.3, 0.4) is 0 Å². The fraction of sp³-hybridized carbons (Fsp3) is 0.500. The van der Waals surface area contributed by atoms with Crippen LogP contribution in [0.15, 0.2) is 54.6 Å². The molecule has 0 spiro atoms. The summed E-state index contributed by atoms with van der Waals surface area (Å²) in [4.78, 5) is 28.2. The number of sulfonamides is 1. The van der Waals surface area contributed by atoms with Crippen molar-refractivity contribution in [1.29, 1.82) is 0 Å². The van der Waals surface area contributed by atoms with Crippen LogP contribution in [0.5, 0.6) is 5.75 Å². The van der Waals surface area contributed by atoms with Crippen molar-refractivity contribution in [3.05, 3.63) is 60.2 Å². The van der Waals surface area contributed by atoms with Gasteiger partial charge in [-0.2, -0.15) is 0 Å². The minimum Gasteiger partial charge on any atom is -0.494 e. The standard InChI is InChI=1S/C28H41N3O5S/c1-7-25(27(33)29-28(3,4)5)30(21-22-13-10-9-11-14-22)26(32)15-12-20-31(37(6,34)35)23-16-18-24(19-17-23)36-8-2/h9-11,13-14,16-19,25H,7-8,12,15,20-21H2,1-6H3,(H,29,33)/t25-/m1/s1. The lowest BCUT2D eigenvalue weighted by atomic mass is 10.0. The molecular formula is C28H41N3O5S. The number of benzene rings is 2. The summed E-state index contributed by atoms with van der Waals surface area (Å²) < 4.78 is 31.8. The van der Waals surface area contributed by atoms with E-state index in [2.05, 4.69) is 5.32 Å². The topological polar surface area (TPSA) is 96.0 Å². The van der Waals surface area contributed by atoms with E-state index in [1.165, 1.54) is 4.31 Å². The molecule has 0 fully saturated rings. The second-order valence-corrected chi connectivity index (χ2v) is 11.9. The van der Waals surface area contributed by atoms with Crippen LogP contribution in [0.4, 0.5) is 5.69 Å². The Labute approximate surface area is 222 Å². The average Bonchev–Trinajstić information content (AvgIpc) is 2.81. The van der Waals surface area contributed by atoms with E-state index in [1.54, 1.807) is 29.2 Å². The zero-order valence-corrected chi connectivity index (χ0v) is 23.7. The van der Waals surface area contributed by atoms with Gasteiger partial charge in [0.05, 0.1) is 18.6 Å². The van der Waals surface area contributed by atoms with Gasteiger partial charge in [-0.05, 0) is 70.4 Å². The van der Waals surface area contributed by atoms with E-state index in [4.69, 9.17) is 4.74 Å². The Morgan fingerprint density at radius 3 is 2.14 bits per heavy atom. The molecule has 1 atom stereocenters. The third-order valence-electron chi connectivity index (χ3n) is 5.67. The average molecular weight is 532 g/mol. The fourth-order valence-corrected chi connectivity index (χ4v) is 5.00. The predicted octanol–water partition coefficient (Wildman–Crippen LogP) is 4.35. The van der Waals surface area contributed by atoms with Gasteiger partial charge in [-0.1, -0.05) is 37.3 Å². The molecule has 0 aliphatic carbocycles. The minimum atomic E-state index is -3.56. The molecular weight excluding hydrogens is 490 g/mol. The first-order valence-corrected chi connectivity index (χ1v) is 14.6. The zero-order valence-electron chi connectivity index (χ0n) is 22.9. The van der Waals surface area contributed by atoms with Crippen LogP contribution in [0.25, 0.3) is 0 Å². The molecule has 1 N–H and O–H groups in total. The summed E-state index contributed by atoms with van der Waals surface area (Å²) in [6.07, 6.45) is 2.02. The van der Waals surface area contributed by atoms with Gasteiger partial charge in [0.2, 0.25) is 21.8 Å². The normalized spacial score (nSPS) is 12.5. The Kier molecular flexibility index (Phi) is 11.0. The minimum absolute atomic E-state index is 0.106. The lowest BCUT2D eigenvalue weighted by Gasteiger charge is -2.33. The van der Waals surface area contributed by atoms with Crippen molar-refractivity contribution in [3.63, 3.8) is 0 Å². The summed E-state index contributed by atoms with van der Waals surface area (Å²) in [5, 5.41) is 2.99. The first-order chi connectivity index (χ1) is 17.4. The molecule has 0 aliphatic heterocycles. The van der Waals surface area contributed by atoms with Crippen LogP contribution in [-0.2, 0) is 26.2 Å². The number of amides is 2. The van der Waals surface area contributed by atoms with Crippen molar-refractivity contribution >= 4 is 27.5 Å². The number of hydrogen-bond donors (Lipinski definition) is 1. The number of carbonyl (C=O) groups is 2. The Hall–Kier alpha value is -3.07. The Morgan fingerprint density at radius 1 is 1.00 bits per heavy atom. The van der Waals surface area contributed by atoms with Gasteiger partial charge < -0.3 is 15.0 Å². The van der Waals surface area contributed by atoms with Crippen molar-refractivity contribution in [3.8, 4) is 5.75 Å². The molecule has 37 heavy (non-hydrogen) atoms. The number of rotatable bonds is 13. The molecule has 204 valence electrons. The van der Waals surface area contributed by atoms with Gasteiger partial charge in [0, 0.05) is 25.0 Å². The molecule has 0 saturated carbocycles. The highest BCUT2D eigenvalue weighted by Gasteiger charge is 2.30. The van der Waals surface area contributed by atoms with Crippen LogP contribution in [0, 0.1) is 0 Å². The van der Waals surface area contributed by atoms with Crippen LogP contribution in [0.2, 0.25) is 0 Å². The van der Waals surface area contributed by atoms with Crippen LogP contribution >= 0.6 is 0 Å². The number of anilines is 1. The molecule has 0 heterocycles. The van der Waals surface area contributed by atoms with Gasteiger partial charge in [0.1, 0.15) is 11.8 Å². The number of ether oxygens (including phenoxy) is 1. The lowest BCUT2D eigenvalue weighted by molar-refractivity contribution is -0.142. The fourth-order valence-electron chi connectivity index (χ4n) is 4.03. The maximum Gasteiger partial charge on any atom is 0.243 e. The molecule has 0 saturated heterocycles. The molecule has 2 rings (SSSR count). The third kappa shape index (κ3) is 9.72. The molecule has 2 aromatic rings. The second-order valence-electron chi connectivity index (χ2n) is 10.0. The highest BCUT2D eigenvalue weighted by atomic mass is 32.2. The molecule has 0 aliphatic rings. The summed E-state index contributed by atoms with van der Waals surface area (Å²) >= 11 is 0. The van der Waals surface area contributed by atoms with Gasteiger partial charge in [-0.25, -0.2) is 8.42 Å². The van der Waals surface area contributed by atoms with Crippen LogP contribution in [0.1, 0.15) is 59.4 Å². The summed E-state index contributed by atoms with van der Waals surface area (Å²) in [5.74, 6) is 0.261. The van der Waals surface area contributed by atoms with E-state index < -0.39 is 21.6 Å². The smallest absolute Gasteiger partial charge is 0.243 e. The molecule has 0 unspecified atom stereocenters.